The van der Waals surface area contributed by atoms with Gasteiger partial charge in [0.05, 0.1) is 0 Å². The minimum atomic E-state index is -0.141. The highest BCUT2D eigenvalue weighted by molar-refractivity contribution is 5.92. The molecule has 0 fully saturated rings. The molecule has 0 atom stereocenters. The molecule has 2 rings (SSSR count). The van der Waals surface area contributed by atoms with Crippen molar-refractivity contribution < 1.29 is 9.59 Å². The monoisotopic (exact) mass is 308 g/mol. The van der Waals surface area contributed by atoms with Crippen LogP contribution in [0.1, 0.15) is 23.6 Å². The number of hydrogen-bond donors (Lipinski definition) is 2. The quantitative estimate of drug-likeness (QED) is 0.833. The van der Waals surface area contributed by atoms with Crippen molar-refractivity contribution in [1.29, 1.82) is 0 Å². The Bertz CT molecular complexity index is 718. The summed E-state index contributed by atoms with van der Waals surface area (Å²) in [6, 6.07) is 15.3. The second-order valence-electron chi connectivity index (χ2n) is 5.34. The van der Waals surface area contributed by atoms with Crippen LogP contribution in [-0.4, -0.2) is 11.8 Å². The van der Waals surface area contributed by atoms with Gasteiger partial charge >= 0.3 is 0 Å². The van der Waals surface area contributed by atoms with Gasteiger partial charge in [0.1, 0.15) is 0 Å². The Morgan fingerprint density at radius 2 is 1.83 bits per heavy atom. The lowest BCUT2D eigenvalue weighted by Crippen LogP contribution is -2.20. The molecule has 2 amide bonds. The summed E-state index contributed by atoms with van der Waals surface area (Å²) in [7, 11) is 0. The molecule has 2 aromatic carbocycles. The molecule has 2 N–H and O–H groups in total. The van der Waals surface area contributed by atoms with Crippen LogP contribution in [0.5, 0.6) is 0 Å². The molecule has 4 heteroatoms. The fourth-order valence-electron chi connectivity index (χ4n) is 2.12. The Balaban J connectivity index is 1.86. The third-order valence-corrected chi connectivity index (χ3v) is 3.21. The molecule has 0 aliphatic rings. The van der Waals surface area contributed by atoms with Crippen molar-refractivity contribution in [2.24, 2.45) is 0 Å². The minimum absolute atomic E-state index is 0.108. The summed E-state index contributed by atoms with van der Waals surface area (Å²) in [6.07, 6.45) is 3.24. The number of aryl methyl sites for hydroxylation is 1. The van der Waals surface area contributed by atoms with Crippen LogP contribution in [0.15, 0.2) is 54.6 Å². The van der Waals surface area contributed by atoms with Crippen molar-refractivity contribution in [3.63, 3.8) is 0 Å². The zero-order valence-corrected chi connectivity index (χ0v) is 13.3. The second kappa shape index (κ2) is 7.94. The van der Waals surface area contributed by atoms with Gasteiger partial charge in [-0.3, -0.25) is 9.59 Å². The molecule has 4 nitrogen and oxygen atoms in total. The van der Waals surface area contributed by atoms with Gasteiger partial charge in [-0.05, 0) is 36.3 Å². The van der Waals surface area contributed by atoms with Crippen LogP contribution < -0.4 is 10.6 Å². The summed E-state index contributed by atoms with van der Waals surface area (Å²) in [5.74, 6) is -0.249. The first-order valence-electron chi connectivity index (χ1n) is 7.42. The maximum Gasteiger partial charge on any atom is 0.244 e. The van der Waals surface area contributed by atoms with Gasteiger partial charge in [-0.25, -0.2) is 0 Å². The van der Waals surface area contributed by atoms with E-state index in [1.54, 1.807) is 18.2 Å². The summed E-state index contributed by atoms with van der Waals surface area (Å²) in [5, 5.41) is 5.55. The molecule has 0 aliphatic heterocycles. The topological polar surface area (TPSA) is 58.2 Å². The summed E-state index contributed by atoms with van der Waals surface area (Å²) in [4.78, 5) is 22.8. The van der Waals surface area contributed by atoms with E-state index in [9.17, 15) is 9.59 Å². The Labute approximate surface area is 136 Å². The lowest BCUT2D eigenvalue weighted by Gasteiger charge is -2.04. The van der Waals surface area contributed by atoms with Gasteiger partial charge in [-0.1, -0.05) is 42.0 Å². The van der Waals surface area contributed by atoms with Gasteiger partial charge in [0.2, 0.25) is 11.8 Å². The Kier molecular flexibility index (Phi) is 5.69. The average Bonchev–Trinajstić information content (AvgIpc) is 2.52. The molecule has 0 aromatic heterocycles. The summed E-state index contributed by atoms with van der Waals surface area (Å²) in [6.45, 7) is 3.99. The molecule has 0 bridgehead atoms. The van der Waals surface area contributed by atoms with E-state index in [4.69, 9.17) is 0 Å². The number of carbonyl (C=O) groups is 2. The van der Waals surface area contributed by atoms with Crippen molar-refractivity contribution in [3.05, 3.63) is 71.3 Å². The van der Waals surface area contributed by atoms with Crippen molar-refractivity contribution in [2.45, 2.75) is 20.4 Å². The Morgan fingerprint density at radius 1 is 1.09 bits per heavy atom. The molecule has 0 aliphatic carbocycles. The number of nitrogens with one attached hydrogen (secondary N) is 2. The van der Waals surface area contributed by atoms with Crippen molar-refractivity contribution >= 4 is 23.6 Å². The molecule has 23 heavy (non-hydrogen) atoms. The third kappa shape index (κ3) is 5.79. The molecule has 118 valence electrons. The number of amides is 2. The maximum absolute atomic E-state index is 11.8. The molecule has 0 spiro atoms. The maximum atomic E-state index is 11.8. The minimum Gasteiger partial charge on any atom is -0.348 e. The summed E-state index contributed by atoms with van der Waals surface area (Å²) in [5.41, 5.74) is 3.88. The fraction of sp³-hybridized carbons (Fsp3) is 0.158. The van der Waals surface area contributed by atoms with Gasteiger partial charge in [0, 0.05) is 25.2 Å². The van der Waals surface area contributed by atoms with Gasteiger partial charge in [0.25, 0.3) is 0 Å². The highest BCUT2D eigenvalue weighted by Gasteiger charge is 1.98. The molecular weight excluding hydrogens is 288 g/mol. The lowest BCUT2D eigenvalue weighted by atomic mass is 10.1. The van der Waals surface area contributed by atoms with E-state index in [-0.39, 0.29) is 11.8 Å². The Hall–Kier alpha value is -2.88. The first kappa shape index (κ1) is 16.5. The van der Waals surface area contributed by atoms with Gasteiger partial charge < -0.3 is 10.6 Å². The Morgan fingerprint density at radius 3 is 2.48 bits per heavy atom. The van der Waals surface area contributed by atoms with E-state index in [0.717, 1.165) is 16.8 Å². The van der Waals surface area contributed by atoms with Gasteiger partial charge in [0.15, 0.2) is 0 Å². The van der Waals surface area contributed by atoms with Crippen LogP contribution in [0.3, 0.4) is 0 Å². The van der Waals surface area contributed by atoms with E-state index in [1.807, 2.05) is 43.3 Å². The smallest absolute Gasteiger partial charge is 0.244 e. The van der Waals surface area contributed by atoms with Crippen LogP contribution in [-0.2, 0) is 16.1 Å². The SMILES string of the molecule is CC(=O)Nc1ccc(/C=C/C(=O)NCc2cccc(C)c2)cc1. The number of anilines is 1. The van der Waals surface area contributed by atoms with E-state index in [2.05, 4.69) is 10.6 Å². The molecule has 0 heterocycles. The molecule has 0 unspecified atom stereocenters. The van der Waals surface area contributed by atoms with E-state index < -0.39 is 0 Å². The first-order chi connectivity index (χ1) is 11.0. The summed E-state index contributed by atoms with van der Waals surface area (Å²) < 4.78 is 0. The zero-order valence-electron chi connectivity index (χ0n) is 13.3. The van der Waals surface area contributed by atoms with Crippen LogP contribution >= 0.6 is 0 Å². The van der Waals surface area contributed by atoms with Crippen LogP contribution in [0.2, 0.25) is 0 Å². The molecule has 2 aromatic rings. The van der Waals surface area contributed by atoms with Crippen molar-refractivity contribution in [3.8, 4) is 0 Å². The van der Waals surface area contributed by atoms with Crippen molar-refractivity contribution in [1.82, 2.24) is 5.32 Å². The molecule has 0 saturated heterocycles. The van der Waals surface area contributed by atoms with Crippen LogP contribution in [0.25, 0.3) is 6.08 Å². The lowest BCUT2D eigenvalue weighted by molar-refractivity contribution is -0.116. The number of benzene rings is 2. The average molecular weight is 308 g/mol. The van der Waals surface area contributed by atoms with Gasteiger partial charge in [-0.2, -0.15) is 0 Å². The predicted octanol–water partition coefficient (Wildman–Crippen LogP) is 3.28. The first-order valence-corrected chi connectivity index (χ1v) is 7.42. The largest absolute Gasteiger partial charge is 0.348 e. The van der Waals surface area contributed by atoms with E-state index in [1.165, 1.54) is 18.6 Å². The summed E-state index contributed by atoms with van der Waals surface area (Å²) >= 11 is 0. The number of hydrogen-bond acceptors (Lipinski definition) is 2. The fourth-order valence-corrected chi connectivity index (χ4v) is 2.12. The number of carbonyl (C=O) groups excluding carboxylic acids is 2. The molecule has 0 radical (unpaired) electrons. The second-order valence-corrected chi connectivity index (χ2v) is 5.34. The highest BCUT2D eigenvalue weighted by atomic mass is 16.2. The van der Waals surface area contributed by atoms with E-state index in [0.29, 0.717) is 6.54 Å². The predicted molar refractivity (Wildman–Crippen MR) is 92.8 cm³/mol. The normalized spacial score (nSPS) is 10.5. The standard InChI is InChI=1S/C19H20N2O2/c1-14-4-3-5-17(12-14)13-20-19(23)11-8-16-6-9-18(10-7-16)21-15(2)22/h3-12H,13H2,1-2H3,(H,20,23)(H,21,22)/b11-8+. The molecule has 0 saturated carbocycles. The highest BCUT2D eigenvalue weighted by Crippen LogP contribution is 2.10. The van der Waals surface area contributed by atoms with Crippen LogP contribution in [0.4, 0.5) is 5.69 Å². The van der Waals surface area contributed by atoms with Crippen LogP contribution in [0, 0.1) is 6.92 Å². The van der Waals surface area contributed by atoms with E-state index >= 15 is 0 Å². The number of rotatable bonds is 5. The third-order valence-electron chi connectivity index (χ3n) is 3.21. The van der Waals surface area contributed by atoms with Gasteiger partial charge in [-0.15, -0.1) is 0 Å². The zero-order chi connectivity index (χ0) is 16.7. The van der Waals surface area contributed by atoms with Crippen molar-refractivity contribution in [2.75, 3.05) is 5.32 Å². The molecular formula is C19H20N2O2.